The van der Waals surface area contributed by atoms with Crippen molar-refractivity contribution in [2.24, 2.45) is 11.1 Å². The number of benzene rings is 3. The second kappa shape index (κ2) is 17.4. The standard InChI is InChI=1S/C38H42F2N2O8S/c1-4-23(6-5-22(2)50-51-21-33-36(45)34(41-47)37(46)38(48-3)49-33)25-9-17-30(32(44)19-25)35-26(20-42(35)29-15-13-28(40)14-16-29)10-18-31(43)24-7-11-27(39)12-8-24/h4-9,11-17,19,26,31,33-38,43-46H,2,10,18,20-21H2,1,3H3/b6-5-,23-4+. The second-order valence-corrected chi connectivity index (χ2v) is 13.3. The Bertz CT molecular complexity index is 1710. The summed E-state index contributed by atoms with van der Waals surface area (Å²) in [5.74, 6) is -0.168. The number of hydrogen-bond acceptors (Lipinski definition) is 11. The topological polar surface area (TPSA) is 141 Å². The van der Waals surface area contributed by atoms with E-state index in [9.17, 15) is 34.1 Å². The van der Waals surface area contributed by atoms with Crippen molar-refractivity contribution < 1.29 is 42.9 Å². The fraction of sp³-hybridized carbons (Fsp3) is 0.368. The number of phenolic OH excluding ortho intramolecular Hbond substituents is 1. The molecule has 10 nitrogen and oxygen atoms in total. The summed E-state index contributed by atoms with van der Waals surface area (Å²) in [5, 5.41) is 45.5. The quantitative estimate of drug-likeness (QED) is 0.0578. The van der Waals surface area contributed by atoms with Crippen LogP contribution in [0.3, 0.4) is 0 Å². The van der Waals surface area contributed by atoms with Crippen LogP contribution in [0.4, 0.5) is 14.5 Å². The van der Waals surface area contributed by atoms with E-state index >= 15 is 0 Å². The van der Waals surface area contributed by atoms with E-state index in [1.165, 1.54) is 31.4 Å². The minimum Gasteiger partial charge on any atom is -0.508 e. The van der Waals surface area contributed by atoms with Crippen molar-refractivity contribution >= 4 is 23.3 Å². The van der Waals surface area contributed by atoms with Gasteiger partial charge < -0.3 is 39.0 Å². The summed E-state index contributed by atoms with van der Waals surface area (Å²) in [6.45, 7) is 6.40. The third kappa shape index (κ3) is 9.04. The number of allylic oxidation sites excluding steroid dienone is 4. The molecule has 0 aromatic heterocycles. The fourth-order valence-electron chi connectivity index (χ4n) is 6.47. The van der Waals surface area contributed by atoms with E-state index in [2.05, 4.69) is 16.7 Å². The summed E-state index contributed by atoms with van der Waals surface area (Å²) in [6, 6.07) is 15.9. The first-order valence-corrected chi connectivity index (χ1v) is 17.4. The summed E-state index contributed by atoms with van der Waals surface area (Å²) in [4.78, 5) is 13.3. The maximum absolute atomic E-state index is 13.7. The first-order valence-electron chi connectivity index (χ1n) is 16.5. The largest absolute Gasteiger partial charge is 0.508 e. The number of ether oxygens (including phenoxy) is 2. The van der Waals surface area contributed by atoms with E-state index in [0.29, 0.717) is 30.5 Å². The predicted molar refractivity (Wildman–Crippen MR) is 191 cm³/mol. The predicted octanol–water partition coefficient (Wildman–Crippen LogP) is 6.73. The molecular weight excluding hydrogens is 682 g/mol. The monoisotopic (exact) mass is 724 g/mol. The lowest BCUT2D eigenvalue weighted by atomic mass is 9.78. The van der Waals surface area contributed by atoms with Gasteiger partial charge >= 0.3 is 0 Å². The van der Waals surface area contributed by atoms with Gasteiger partial charge in [0.05, 0.1) is 29.9 Å². The molecule has 272 valence electrons. The molecule has 0 spiro atoms. The van der Waals surface area contributed by atoms with Gasteiger partial charge in [-0.2, -0.15) is 4.91 Å². The molecule has 8 unspecified atom stereocenters. The Kier molecular flexibility index (Phi) is 13.0. The molecule has 0 aliphatic carbocycles. The van der Waals surface area contributed by atoms with Gasteiger partial charge in [-0.15, -0.1) is 0 Å². The van der Waals surface area contributed by atoms with E-state index in [-0.39, 0.29) is 40.9 Å². The zero-order valence-corrected chi connectivity index (χ0v) is 29.0. The van der Waals surface area contributed by atoms with Crippen LogP contribution in [0.25, 0.3) is 5.57 Å². The van der Waals surface area contributed by atoms with Crippen molar-refractivity contribution in [2.45, 2.75) is 62.6 Å². The van der Waals surface area contributed by atoms with Crippen LogP contribution in [0.15, 0.2) is 102 Å². The number of methoxy groups -OCH3 is 1. The Hall–Kier alpha value is -4.11. The smallest absolute Gasteiger partial charge is 0.185 e. The summed E-state index contributed by atoms with van der Waals surface area (Å²) in [5.41, 5.74) is 3.66. The highest BCUT2D eigenvalue weighted by Crippen LogP contribution is 2.48. The van der Waals surface area contributed by atoms with Crippen LogP contribution >= 0.6 is 12.0 Å². The van der Waals surface area contributed by atoms with Crippen LogP contribution < -0.4 is 4.90 Å². The summed E-state index contributed by atoms with van der Waals surface area (Å²) < 4.78 is 43.3. The number of phenols is 1. The van der Waals surface area contributed by atoms with Crippen molar-refractivity contribution in [1.82, 2.24) is 0 Å². The Morgan fingerprint density at radius 3 is 2.39 bits per heavy atom. The average molecular weight is 725 g/mol. The zero-order valence-electron chi connectivity index (χ0n) is 28.2. The molecule has 2 saturated heterocycles. The third-order valence-corrected chi connectivity index (χ3v) is 10.1. The van der Waals surface area contributed by atoms with Crippen LogP contribution in [-0.2, 0) is 13.7 Å². The number of hydrogen-bond donors (Lipinski definition) is 4. The van der Waals surface area contributed by atoms with E-state index in [0.717, 1.165) is 28.9 Å². The minimum absolute atomic E-state index is 0.0760. The number of anilines is 1. The normalized spacial score (nSPS) is 25.7. The van der Waals surface area contributed by atoms with E-state index < -0.39 is 36.7 Å². The molecule has 2 fully saturated rings. The Balaban J connectivity index is 1.23. The molecule has 8 atom stereocenters. The maximum Gasteiger partial charge on any atom is 0.185 e. The number of nitrogens with zero attached hydrogens (tertiary/aromatic N) is 2. The molecule has 5 rings (SSSR count). The number of aliphatic hydroxyl groups excluding tert-OH is 3. The van der Waals surface area contributed by atoms with Crippen molar-refractivity contribution in [3.8, 4) is 5.75 Å². The van der Waals surface area contributed by atoms with Gasteiger partial charge in [0.1, 0.15) is 41.5 Å². The molecule has 2 aliphatic rings. The molecule has 0 radical (unpaired) electrons. The van der Waals surface area contributed by atoms with Gasteiger partial charge in [-0.3, -0.25) is 0 Å². The Labute approximate surface area is 299 Å². The van der Waals surface area contributed by atoms with Gasteiger partial charge in [-0.25, -0.2) is 8.78 Å². The number of halogens is 2. The molecule has 51 heavy (non-hydrogen) atoms. The second-order valence-electron chi connectivity index (χ2n) is 12.5. The van der Waals surface area contributed by atoms with Crippen LogP contribution in [0.5, 0.6) is 5.75 Å². The average Bonchev–Trinajstić information content (AvgIpc) is 3.11. The van der Waals surface area contributed by atoms with Crippen molar-refractivity contribution in [3.63, 3.8) is 0 Å². The van der Waals surface area contributed by atoms with Gasteiger partial charge in [0.25, 0.3) is 0 Å². The van der Waals surface area contributed by atoms with Crippen LogP contribution in [-0.4, -0.2) is 70.5 Å². The lowest BCUT2D eigenvalue weighted by Crippen LogP contribution is -2.57. The fourth-order valence-corrected chi connectivity index (χ4v) is 7.15. The van der Waals surface area contributed by atoms with Gasteiger partial charge in [-0.1, -0.05) is 48.2 Å². The molecule has 0 bridgehead atoms. The van der Waals surface area contributed by atoms with E-state index in [1.807, 2.05) is 25.1 Å². The minimum atomic E-state index is -1.40. The highest BCUT2D eigenvalue weighted by molar-refractivity contribution is 7.94. The molecule has 13 heteroatoms. The van der Waals surface area contributed by atoms with Crippen LogP contribution in [0.2, 0.25) is 0 Å². The van der Waals surface area contributed by atoms with Gasteiger partial charge in [0.15, 0.2) is 12.3 Å². The highest BCUT2D eigenvalue weighted by Gasteiger charge is 2.46. The SMILES string of the molecule is C=C(/C=C\C(=C/C)c1ccc(C2C(CCC(O)c3ccc(F)cc3)CN2c2ccc(F)cc2)c(O)c1)OSCC1OC(OC)C(O)C(N=O)C1O. The summed E-state index contributed by atoms with van der Waals surface area (Å²) in [7, 11) is 1.31. The van der Waals surface area contributed by atoms with Gasteiger partial charge in [0, 0.05) is 30.8 Å². The Morgan fingerprint density at radius 1 is 1.08 bits per heavy atom. The van der Waals surface area contributed by atoms with Gasteiger partial charge in [0.2, 0.25) is 0 Å². The molecule has 4 N–H and O–H groups in total. The van der Waals surface area contributed by atoms with Crippen molar-refractivity contribution in [3.05, 3.63) is 131 Å². The molecule has 3 aromatic rings. The zero-order chi connectivity index (χ0) is 36.7. The summed E-state index contributed by atoms with van der Waals surface area (Å²) in [6.07, 6.45) is 0.869. The molecule has 3 aromatic carbocycles. The summed E-state index contributed by atoms with van der Waals surface area (Å²) >= 11 is 0.941. The molecule has 2 aliphatic heterocycles. The third-order valence-electron chi connectivity index (χ3n) is 9.30. The number of aliphatic hydroxyl groups is 3. The van der Waals surface area contributed by atoms with Crippen LogP contribution in [0.1, 0.15) is 48.6 Å². The van der Waals surface area contributed by atoms with E-state index in [4.69, 9.17) is 13.7 Å². The molecular formula is C38H42F2N2O8S. The Morgan fingerprint density at radius 2 is 1.76 bits per heavy atom. The molecule has 0 amide bonds. The number of aromatic hydroxyl groups is 1. The lowest BCUT2D eigenvalue weighted by Gasteiger charge is -2.50. The highest BCUT2D eigenvalue weighted by atomic mass is 32.2. The van der Waals surface area contributed by atoms with Crippen molar-refractivity contribution in [1.29, 1.82) is 0 Å². The lowest BCUT2D eigenvalue weighted by molar-refractivity contribution is -0.256. The number of nitroso groups, excluding NO2 is 1. The van der Waals surface area contributed by atoms with Crippen molar-refractivity contribution in [2.75, 3.05) is 24.3 Å². The number of rotatable bonds is 15. The molecule has 2 heterocycles. The van der Waals surface area contributed by atoms with E-state index in [1.54, 1.807) is 42.5 Å². The van der Waals surface area contributed by atoms with Gasteiger partial charge in [-0.05, 0) is 85.0 Å². The first-order chi connectivity index (χ1) is 24.5. The van der Waals surface area contributed by atoms with Crippen LogP contribution in [0, 0.1) is 22.5 Å². The maximum atomic E-state index is 13.7. The molecule has 0 saturated carbocycles. The first kappa shape index (κ1) is 38.1.